The molecule has 0 aliphatic heterocycles. The molecule has 2 atom stereocenters. The molecule has 2 unspecified atom stereocenters. The van der Waals surface area contributed by atoms with Gasteiger partial charge in [-0.2, -0.15) is 0 Å². The predicted octanol–water partition coefficient (Wildman–Crippen LogP) is 8.71. The summed E-state index contributed by atoms with van der Waals surface area (Å²) in [5.74, 6) is 0. The Kier molecular flexibility index (Phi) is 6.21. The maximum atomic E-state index is 8.22. The van der Waals surface area contributed by atoms with Crippen molar-refractivity contribution >= 4 is 35.5 Å². The second kappa shape index (κ2) is 8.11. The molecule has 0 spiro atoms. The summed E-state index contributed by atoms with van der Waals surface area (Å²) in [6.45, 7) is 15.8. The van der Waals surface area contributed by atoms with Gasteiger partial charge in [-0.15, -0.1) is 0 Å². The average Bonchev–Trinajstić information content (AvgIpc) is 3.26. The van der Waals surface area contributed by atoms with E-state index < -0.39 is 14.8 Å². The van der Waals surface area contributed by atoms with Gasteiger partial charge < -0.3 is 0 Å². The summed E-state index contributed by atoms with van der Waals surface area (Å²) in [6, 6.07) is 10.2. The summed E-state index contributed by atoms with van der Waals surface area (Å²) in [6.07, 6.45) is 5.94. The third kappa shape index (κ3) is 3.55. The predicted molar refractivity (Wildman–Crippen MR) is 139 cm³/mol. The Balaban J connectivity index is 2.08. The normalized spacial score (nSPS) is 20.3. The fourth-order valence-electron chi connectivity index (χ4n) is 6.18. The molecule has 2 aromatic carbocycles. The number of rotatable bonds is 4. The zero-order chi connectivity index (χ0) is 22.7. The van der Waals surface area contributed by atoms with E-state index in [4.69, 9.17) is 17.2 Å². The molecule has 0 fully saturated rings. The monoisotopic (exact) mass is 636 g/mol. The van der Waals surface area contributed by atoms with Gasteiger partial charge >= 0.3 is 198 Å². The van der Waals surface area contributed by atoms with Crippen molar-refractivity contribution in [2.75, 3.05) is 0 Å². The number of benzene rings is 2. The van der Waals surface area contributed by atoms with Crippen LogP contribution in [-0.4, -0.2) is 6.22 Å². The van der Waals surface area contributed by atoms with Gasteiger partial charge in [-0.25, -0.2) is 0 Å². The van der Waals surface area contributed by atoms with Gasteiger partial charge in [-0.1, -0.05) is 0 Å². The Morgan fingerprint density at radius 2 is 1.10 bits per heavy atom. The fourth-order valence-corrected chi connectivity index (χ4v) is 58.0. The Labute approximate surface area is 197 Å². The molecule has 2 aromatic rings. The molecule has 4 rings (SSSR count). The molecule has 0 nitrogen and oxygen atoms in total. The number of aryl methyl sites for hydroxylation is 4. The first-order chi connectivity index (χ1) is 14.5. The number of allylic oxidation sites excluding steroid dienone is 2. The topological polar surface area (TPSA) is 0 Å². The van der Waals surface area contributed by atoms with Crippen LogP contribution in [0.4, 0.5) is 0 Å². The second-order valence-corrected chi connectivity index (χ2v) is 59.8. The second-order valence-electron chi connectivity index (χ2n) is 9.92. The van der Waals surface area contributed by atoms with Crippen molar-refractivity contribution < 1.29 is 14.8 Å². The molecule has 0 N–H and O–H groups in total. The fraction of sp³-hybridized carbons (Fsp3) is 0.407. The summed E-state index contributed by atoms with van der Waals surface area (Å²) < 4.78 is 0.437. The van der Waals surface area contributed by atoms with E-state index in [1.54, 1.807) is 0 Å². The average molecular weight is 636 g/mol. The summed E-state index contributed by atoms with van der Waals surface area (Å²) in [5.41, 5.74) is 13.8. The minimum atomic E-state index is -4.60. The first-order valence-corrected chi connectivity index (χ1v) is 32.2. The third-order valence-corrected chi connectivity index (χ3v) is 54.2. The first kappa shape index (κ1) is 23.7. The van der Waals surface area contributed by atoms with E-state index in [0.717, 1.165) is 6.42 Å². The van der Waals surface area contributed by atoms with Crippen molar-refractivity contribution in [3.63, 3.8) is 0 Å². The van der Waals surface area contributed by atoms with Crippen molar-refractivity contribution in [3.05, 3.63) is 79.9 Å². The third-order valence-electron chi connectivity index (χ3n) is 7.60. The van der Waals surface area contributed by atoms with E-state index in [0.29, 0.717) is 0 Å². The first-order valence-electron chi connectivity index (χ1n) is 11.5. The number of fused-ring (bicyclic) bond motifs is 2. The van der Waals surface area contributed by atoms with E-state index in [1.807, 2.05) is 0 Å². The Morgan fingerprint density at radius 3 is 1.48 bits per heavy atom. The molecule has 0 aromatic heterocycles. The zero-order valence-electron chi connectivity index (χ0n) is 19.9. The number of hydrogen-bond donors (Lipinski definition) is 0. The van der Waals surface area contributed by atoms with Crippen molar-refractivity contribution in [1.82, 2.24) is 0 Å². The van der Waals surface area contributed by atoms with Crippen LogP contribution in [0.2, 0.25) is 6.04 Å². The Bertz CT molecular complexity index is 1140. The van der Waals surface area contributed by atoms with Crippen molar-refractivity contribution in [2.45, 2.75) is 68.3 Å². The standard InChI is InChI=1S/2C12H13.C3H8Si.2ClH.Hf/c2*1-8-6-11-9(2)4-5-10(3)12(11)7-8;1-2-3-4;;;/h2*4-7H,1-3H3;4H,2-3H2,1H3;2*1H;/q;;;;;+2/p-2. The van der Waals surface area contributed by atoms with Gasteiger partial charge in [0.15, 0.2) is 0 Å². The van der Waals surface area contributed by atoms with E-state index in [-0.39, 0.29) is 13.6 Å². The van der Waals surface area contributed by atoms with Gasteiger partial charge in [0.25, 0.3) is 0 Å². The van der Waals surface area contributed by atoms with Crippen molar-refractivity contribution in [3.8, 4) is 0 Å². The van der Waals surface area contributed by atoms with Crippen LogP contribution in [0, 0.1) is 27.7 Å². The van der Waals surface area contributed by atoms with E-state index in [2.05, 4.69) is 84.9 Å². The molecule has 0 saturated carbocycles. The Morgan fingerprint density at radius 1 is 0.710 bits per heavy atom. The van der Waals surface area contributed by atoms with E-state index >= 15 is 0 Å². The van der Waals surface area contributed by atoms with Gasteiger partial charge in [0.1, 0.15) is 0 Å². The molecule has 164 valence electrons. The summed E-state index contributed by atoms with van der Waals surface area (Å²) in [7, 11) is 16.4. The number of hydrogen-bond acceptors (Lipinski definition) is 0. The van der Waals surface area contributed by atoms with Crippen LogP contribution in [0.5, 0.6) is 0 Å². The molecular formula is C27H34Cl2HfSi. The SMILES string of the molecule is CCC[SiH]=[Hf]([Cl])([Cl])([CH]1C(C)=Cc2c(C)ccc(C)c21)[CH]1C(C)=Cc2c(C)ccc(C)c21. The summed E-state index contributed by atoms with van der Waals surface area (Å²) >= 11 is -4.60. The van der Waals surface area contributed by atoms with Gasteiger partial charge in [-0.3, -0.25) is 0 Å². The summed E-state index contributed by atoms with van der Waals surface area (Å²) in [4.78, 5) is 0. The number of halogens is 2. The van der Waals surface area contributed by atoms with Gasteiger partial charge in [0, 0.05) is 0 Å². The molecule has 31 heavy (non-hydrogen) atoms. The molecule has 0 amide bonds. The molecule has 0 saturated heterocycles. The molecule has 4 heteroatoms. The van der Waals surface area contributed by atoms with Crippen LogP contribution in [0.1, 0.15) is 79.0 Å². The molecule has 0 bridgehead atoms. The van der Waals surface area contributed by atoms with Gasteiger partial charge in [0.2, 0.25) is 0 Å². The van der Waals surface area contributed by atoms with Gasteiger partial charge in [0.05, 0.1) is 0 Å². The van der Waals surface area contributed by atoms with Gasteiger partial charge in [-0.05, 0) is 0 Å². The van der Waals surface area contributed by atoms with Crippen LogP contribution in [0.25, 0.3) is 12.2 Å². The van der Waals surface area contributed by atoms with Crippen LogP contribution >= 0.6 is 17.2 Å². The molecule has 2 aliphatic rings. The maximum absolute atomic E-state index is 8.22. The zero-order valence-corrected chi connectivity index (χ0v) is 26.1. The van der Waals surface area contributed by atoms with Crippen molar-refractivity contribution in [1.29, 1.82) is 0 Å². The van der Waals surface area contributed by atoms with Crippen LogP contribution in [0.15, 0.2) is 35.4 Å². The summed E-state index contributed by atoms with van der Waals surface area (Å²) in [5, 5.41) is 0. The molecule has 0 radical (unpaired) electrons. The molecular weight excluding hydrogens is 602 g/mol. The minimum absolute atomic E-state index is 0.00443. The molecule has 2 aliphatic carbocycles. The van der Waals surface area contributed by atoms with Crippen molar-refractivity contribution in [2.24, 2.45) is 0 Å². The van der Waals surface area contributed by atoms with Crippen LogP contribution < -0.4 is 0 Å². The molecule has 0 heterocycles. The van der Waals surface area contributed by atoms with Crippen LogP contribution in [-0.2, 0) is 14.8 Å². The van der Waals surface area contributed by atoms with E-state index in [1.165, 1.54) is 61.7 Å². The van der Waals surface area contributed by atoms with E-state index in [9.17, 15) is 0 Å². The van der Waals surface area contributed by atoms with Crippen LogP contribution in [0.3, 0.4) is 0 Å². The Hall–Kier alpha value is -0.413. The quantitative estimate of drug-likeness (QED) is 0.295.